The zero-order chi connectivity index (χ0) is 9.38. The molecule has 0 aromatic heterocycles. The van der Waals surface area contributed by atoms with Gasteiger partial charge in [0.2, 0.25) is 0 Å². The minimum atomic E-state index is 0.403. The fourth-order valence-electron chi connectivity index (χ4n) is 1.55. The van der Waals surface area contributed by atoms with E-state index in [0.29, 0.717) is 6.73 Å². The maximum atomic E-state index is 5.42. The van der Waals surface area contributed by atoms with Crippen molar-refractivity contribution < 1.29 is 4.74 Å². The third-order valence-electron chi connectivity index (χ3n) is 2.20. The van der Waals surface area contributed by atoms with Gasteiger partial charge in [-0.3, -0.25) is 0 Å². The highest BCUT2D eigenvalue weighted by Crippen LogP contribution is 2.10. The van der Waals surface area contributed by atoms with Gasteiger partial charge in [-0.05, 0) is 6.07 Å². The van der Waals surface area contributed by atoms with Crippen molar-refractivity contribution in [2.75, 3.05) is 6.73 Å². The standard InChI is InChI=1S/C10H7N3O/c1-2-9-10(14-6-13-9)8-4-12-5-11-3-7(1)8/h1-5H,6H2. The van der Waals surface area contributed by atoms with Gasteiger partial charge in [0.05, 0.1) is 0 Å². The topological polar surface area (TPSA) is 46.3 Å². The molecule has 4 nitrogen and oxygen atoms in total. The highest BCUT2D eigenvalue weighted by Gasteiger charge is 2.11. The molecule has 2 aliphatic rings. The summed E-state index contributed by atoms with van der Waals surface area (Å²) in [6, 6.07) is 3.91. The summed E-state index contributed by atoms with van der Waals surface area (Å²) < 4.78 is 5.42. The number of hydrogen-bond acceptors (Lipinski definition) is 4. The molecule has 0 bridgehead atoms. The molecular weight excluding hydrogens is 178 g/mol. The first kappa shape index (κ1) is 7.44. The smallest absolute Gasteiger partial charge is 0.180 e. The monoisotopic (exact) mass is 185 g/mol. The van der Waals surface area contributed by atoms with Gasteiger partial charge in [-0.15, -0.1) is 0 Å². The van der Waals surface area contributed by atoms with Gasteiger partial charge in [0.1, 0.15) is 11.7 Å². The molecule has 0 unspecified atom stereocenters. The second-order valence-electron chi connectivity index (χ2n) is 3.02. The van der Waals surface area contributed by atoms with Crippen molar-refractivity contribution in [1.82, 2.24) is 0 Å². The number of fused-ring (bicyclic) bond motifs is 3. The summed E-state index contributed by atoms with van der Waals surface area (Å²) in [5, 5.41) is 1.91. The highest BCUT2D eigenvalue weighted by molar-refractivity contribution is 5.90. The molecule has 0 saturated heterocycles. The van der Waals surface area contributed by atoms with Crippen LogP contribution >= 0.6 is 0 Å². The second-order valence-corrected chi connectivity index (χ2v) is 3.02. The van der Waals surface area contributed by atoms with Crippen molar-refractivity contribution >= 4 is 18.8 Å². The number of benzene rings is 1. The lowest BCUT2D eigenvalue weighted by molar-refractivity contribution is 0.351. The molecule has 0 aliphatic carbocycles. The molecule has 1 aromatic rings. The molecule has 0 radical (unpaired) electrons. The lowest BCUT2D eigenvalue weighted by Gasteiger charge is -2.00. The average Bonchev–Trinajstić information content (AvgIpc) is 2.55. The molecule has 14 heavy (non-hydrogen) atoms. The Labute approximate surface area is 80.0 Å². The third-order valence-corrected chi connectivity index (χ3v) is 2.20. The predicted octanol–water partition coefficient (Wildman–Crippen LogP) is -0.145. The van der Waals surface area contributed by atoms with Crippen LogP contribution < -0.4 is 15.3 Å². The fourth-order valence-corrected chi connectivity index (χ4v) is 1.55. The van der Waals surface area contributed by atoms with Gasteiger partial charge in [0, 0.05) is 23.2 Å². The third kappa shape index (κ3) is 0.970. The van der Waals surface area contributed by atoms with E-state index in [0.717, 1.165) is 21.9 Å². The zero-order valence-corrected chi connectivity index (χ0v) is 7.34. The number of hydrogen-bond donors (Lipinski definition) is 0. The molecule has 0 atom stereocenters. The van der Waals surface area contributed by atoms with Crippen molar-refractivity contribution in [1.29, 1.82) is 0 Å². The number of nitrogens with zero attached hydrogens (tertiary/aromatic N) is 3. The van der Waals surface area contributed by atoms with Crippen LogP contribution in [0.1, 0.15) is 5.56 Å². The molecular formula is C10H7N3O. The molecule has 68 valence electrons. The first-order valence-corrected chi connectivity index (χ1v) is 4.30. The lowest BCUT2D eigenvalue weighted by Crippen LogP contribution is -2.15. The van der Waals surface area contributed by atoms with Crippen molar-refractivity contribution in [3.8, 4) is 5.75 Å². The summed E-state index contributed by atoms with van der Waals surface area (Å²) in [6.45, 7) is 0.403. The van der Waals surface area contributed by atoms with E-state index in [1.54, 1.807) is 12.4 Å². The van der Waals surface area contributed by atoms with Crippen LogP contribution in [0.25, 0.3) is 6.20 Å². The Balaban J connectivity index is 2.42. The van der Waals surface area contributed by atoms with Crippen LogP contribution in [0.3, 0.4) is 0 Å². The Morgan fingerprint density at radius 2 is 2.21 bits per heavy atom. The van der Waals surface area contributed by atoms with E-state index >= 15 is 0 Å². The summed E-state index contributed by atoms with van der Waals surface area (Å²) in [5.41, 5.74) is 0.959. The molecule has 2 heterocycles. The molecule has 0 fully saturated rings. The van der Waals surface area contributed by atoms with Gasteiger partial charge in [0.15, 0.2) is 12.5 Å². The Hall–Kier alpha value is -1.97. The van der Waals surface area contributed by atoms with Crippen LogP contribution in [0.15, 0.2) is 27.1 Å². The van der Waals surface area contributed by atoms with Crippen LogP contribution in [0, 0.1) is 0 Å². The van der Waals surface area contributed by atoms with Crippen LogP contribution in [0.5, 0.6) is 5.75 Å². The molecule has 2 aliphatic heterocycles. The van der Waals surface area contributed by atoms with Crippen LogP contribution in [-0.2, 0) is 0 Å². The van der Waals surface area contributed by atoms with E-state index < -0.39 is 0 Å². The molecule has 0 amide bonds. The van der Waals surface area contributed by atoms with Crippen LogP contribution in [0.4, 0.5) is 0 Å². The van der Waals surface area contributed by atoms with Crippen molar-refractivity contribution in [2.24, 2.45) is 15.0 Å². The van der Waals surface area contributed by atoms with Crippen molar-refractivity contribution in [2.45, 2.75) is 0 Å². The van der Waals surface area contributed by atoms with Gasteiger partial charge in [-0.25, -0.2) is 15.0 Å². The van der Waals surface area contributed by atoms with Gasteiger partial charge in [0.25, 0.3) is 0 Å². The number of ether oxygens (including phenoxy) is 1. The zero-order valence-electron chi connectivity index (χ0n) is 7.34. The number of aliphatic imine (C=N–C) groups is 2. The van der Waals surface area contributed by atoms with Gasteiger partial charge in [-0.2, -0.15) is 0 Å². The summed E-state index contributed by atoms with van der Waals surface area (Å²) in [4.78, 5) is 12.2. The predicted molar refractivity (Wildman–Crippen MR) is 53.3 cm³/mol. The normalized spacial score (nSPS) is 16.0. The molecule has 4 heteroatoms. The van der Waals surface area contributed by atoms with Gasteiger partial charge >= 0.3 is 0 Å². The maximum absolute atomic E-state index is 5.42. The quantitative estimate of drug-likeness (QED) is 0.554. The first-order valence-electron chi connectivity index (χ1n) is 4.30. The number of rotatable bonds is 0. The largest absolute Gasteiger partial charge is 0.468 e. The molecule has 0 spiro atoms. The Bertz CT molecular complexity index is 557. The SMILES string of the molecule is C1=NC=c2ccc3c(c2C=N1)OCN=3. The first-order chi connectivity index (χ1) is 6.95. The molecule has 3 rings (SSSR count). The lowest BCUT2D eigenvalue weighted by atomic mass is 10.1. The van der Waals surface area contributed by atoms with Crippen molar-refractivity contribution in [3.05, 3.63) is 28.3 Å². The van der Waals surface area contributed by atoms with E-state index in [-0.39, 0.29) is 0 Å². The maximum Gasteiger partial charge on any atom is 0.180 e. The minimum Gasteiger partial charge on any atom is -0.468 e. The fraction of sp³-hybridized carbons (Fsp3) is 0.100. The van der Waals surface area contributed by atoms with Crippen molar-refractivity contribution in [3.63, 3.8) is 0 Å². The van der Waals surface area contributed by atoms with Gasteiger partial charge < -0.3 is 4.74 Å². The summed E-state index contributed by atoms with van der Waals surface area (Å²) >= 11 is 0. The molecule has 0 saturated carbocycles. The highest BCUT2D eigenvalue weighted by atomic mass is 16.5. The minimum absolute atomic E-state index is 0.403. The Kier molecular flexibility index (Phi) is 1.47. The average molecular weight is 185 g/mol. The Morgan fingerprint density at radius 1 is 1.21 bits per heavy atom. The van der Waals surface area contributed by atoms with E-state index in [1.807, 2.05) is 12.1 Å². The van der Waals surface area contributed by atoms with E-state index in [4.69, 9.17) is 4.74 Å². The Morgan fingerprint density at radius 3 is 3.21 bits per heavy atom. The molecule has 1 aromatic carbocycles. The van der Waals surface area contributed by atoms with Gasteiger partial charge in [-0.1, -0.05) is 6.07 Å². The van der Waals surface area contributed by atoms with E-state index in [1.165, 1.54) is 6.34 Å². The van der Waals surface area contributed by atoms with Crippen LogP contribution in [-0.4, -0.2) is 19.3 Å². The van der Waals surface area contributed by atoms with Crippen LogP contribution in [0.2, 0.25) is 0 Å². The second kappa shape index (κ2) is 2.77. The summed E-state index contributed by atoms with van der Waals surface area (Å²) in [5.74, 6) is 0.813. The molecule has 0 N–H and O–H groups in total. The summed E-state index contributed by atoms with van der Waals surface area (Å²) in [7, 11) is 0. The summed E-state index contributed by atoms with van der Waals surface area (Å²) in [6.07, 6.45) is 5.03. The van der Waals surface area contributed by atoms with E-state index in [9.17, 15) is 0 Å². The van der Waals surface area contributed by atoms with E-state index in [2.05, 4.69) is 15.0 Å².